The summed E-state index contributed by atoms with van der Waals surface area (Å²) in [6.07, 6.45) is 0. The Morgan fingerprint density at radius 2 is 1.11 bits per heavy atom. The van der Waals surface area contributed by atoms with Crippen molar-refractivity contribution in [3.8, 4) is 11.5 Å². The zero-order chi connectivity index (χ0) is 20.1. The SMILES string of the molecule is CCN(CC)CC.OB(OCc1ccccc1O)OCc1ccccc1O. The Labute approximate surface area is 162 Å². The van der Waals surface area contributed by atoms with E-state index in [0.717, 1.165) is 0 Å². The highest BCUT2D eigenvalue weighted by atomic mass is 16.7. The van der Waals surface area contributed by atoms with E-state index in [9.17, 15) is 15.2 Å². The lowest BCUT2D eigenvalue weighted by molar-refractivity contribution is 0.118. The number of hydrogen-bond acceptors (Lipinski definition) is 6. The Balaban J connectivity index is 0.000000445. The molecule has 27 heavy (non-hydrogen) atoms. The van der Waals surface area contributed by atoms with Crippen molar-refractivity contribution in [2.45, 2.75) is 34.0 Å². The minimum atomic E-state index is -1.44. The molecule has 0 spiro atoms. The van der Waals surface area contributed by atoms with Gasteiger partial charge in [-0.2, -0.15) is 0 Å². The average Bonchev–Trinajstić information content (AvgIpc) is 2.68. The highest BCUT2D eigenvalue weighted by Crippen LogP contribution is 2.18. The summed E-state index contributed by atoms with van der Waals surface area (Å²) in [5.74, 6) is 0.195. The van der Waals surface area contributed by atoms with E-state index in [1.807, 2.05) is 0 Å². The summed E-state index contributed by atoms with van der Waals surface area (Å²) in [5.41, 5.74) is 1.11. The Morgan fingerprint density at radius 3 is 1.41 bits per heavy atom. The van der Waals surface area contributed by atoms with Crippen LogP contribution in [0.1, 0.15) is 31.9 Å². The highest BCUT2D eigenvalue weighted by Gasteiger charge is 2.17. The molecule has 7 heteroatoms. The second-order valence-electron chi connectivity index (χ2n) is 5.81. The molecule has 2 aromatic rings. The zero-order valence-electron chi connectivity index (χ0n) is 16.3. The Hall–Kier alpha value is -2.06. The third kappa shape index (κ3) is 8.92. The number of phenols is 2. The number of para-hydroxylation sites is 2. The van der Waals surface area contributed by atoms with Crippen LogP contribution in [0.15, 0.2) is 48.5 Å². The van der Waals surface area contributed by atoms with Crippen LogP contribution in [0.3, 0.4) is 0 Å². The summed E-state index contributed by atoms with van der Waals surface area (Å²) in [6, 6.07) is 13.4. The number of phenolic OH excluding ortho intramolecular Hbond substituents is 2. The van der Waals surface area contributed by atoms with E-state index in [0.29, 0.717) is 11.1 Å². The molecule has 3 N–H and O–H groups in total. The summed E-state index contributed by atoms with van der Waals surface area (Å²) < 4.78 is 10.1. The topological polar surface area (TPSA) is 82.4 Å². The van der Waals surface area contributed by atoms with Gasteiger partial charge in [0.1, 0.15) is 11.5 Å². The van der Waals surface area contributed by atoms with Crippen molar-refractivity contribution in [3.63, 3.8) is 0 Å². The van der Waals surface area contributed by atoms with Crippen molar-refractivity contribution in [2.75, 3.05) is 19.6 Å². The maximum absolute atomic E-state index is 9.55. The Morgan fingerprint density at radius 1 is 0.741 bits per heavy atom. The lowest BCUT2D eigenvalue weighted by Crippen LogP contribution is -2.22. The second-order valence-corrected chi connectivity index (χ2v) is 5.81. The normalized spacial score (nSPS) is 10.4. The lowest BCUT2D eigenvalue weighted by Gasteiger charge is -2.13. The fourth-order valence-corrected chi connectivity index (χ4v) is 2.31. The number of nitrogens with zero attached hydrogens (tertiary/aromatic N) is 1. The van der Waals surface area contributed by atoms with Gasteiger partial charge < -0.3 is 29.4 Å². The molecule has 0 radical (unpaired) electrons. The molecule has 0 atom stereocenters. The summed E-state index contributed by atoms with van der Waals surface area (Å²) in [5, 5.41) is 28.6. The third-order valence-corrected chi connectivity index (χ3v) is 4.09. The van der Waals surface area contributed by atoms with Gasteiger partial charge in [-0.1, -0.05) is 57.2 Å². The van der Waals surface area contributed by atoms with Crippen molar-refractivity contribution < 1.29 is 24.5 Å². The van der Waals surface area contributed by atoms with Gasteiger partial charge in [0.15, 0.2) is 0 Å². The van der Waals surface area contributed by atoms with Gasteiger partial charge >= 0.3 is 7.32 Å². The molecule has 0 amide bonds. The van der Waals surface area contributed by atoms with Gasteiger partial charge in [-0.05, 0) is 31.8 Å². The highest BCUT2D eigenvalue weighted by molar-refractivity contribution is 6.34. The van der Waals surface area contributed by atoms with E-state index in [1.165, 1.54) is 31.8 Å². The first-order valence-corrected chi connectivity index (χ1v) is 9.19. The van der Waals surface area contributed by atoms with Gasteiger partial charge in [-0.3, -0.25) is 0 Å². The van der Waals surface area contributed by atoms with Gasteiger partial charge in [-0.15, -0.1) is 0 Å². The molecule has 2 rings (SSSR count). The molecular weight excluding hydrogens is 345 g/mol. The maximum atomic E-state index is 9.55. The van der Waals surface area contributed by atoms with Crippen LogP contribution < -0.4 is 0 Å². The average molecular weight is 375 g/mol. The van der Waals surface area contributed by atoms with E-state index in [-0.39, 0.29) is 24.7 Å². The lowest BCUT2D eigenvalue weighted by atomic mass is 10.1. The first-order valence-electron chi connectivity index (χ1n) is 9.19. The van der Waals surface area contributed by atoms with E-state index in [2.05, 4.69) is 25.7 Å². The van der Waals surface area contributed by atoms with Crippen LogP contribution in [0.25, 0.3) is 0 Å². The van der Waals surface area contributed by atoms with Crippen molar-refractivity contribution in [1.82, 2.24) is 4.90 Å². The molecule has 0 aliphatic heterocycles. The molecule has 0 aliphatic carbocycles. The van der Waals surface area contributed by atoms with Crippen LogP contribution in [0.4, 0.5) is 0 Å². The van der Waals surface area contributed by atoms with E-state index in [4.69, 9.17) is 9.31 Å². The second kappa shape index (κ2) is 13.2. The molecule has 0 fully saturated rings. The largest absolute Gasteiger partial charge is 0.637 e. The molecular formula is C20H30BNO5. The van der Waals surface area contributed by atoms with E-state index in [1.54, 1.807) is 36.4 Å². The summed E-state index contributed by atoms with van der Waals surface area (Å²) in [7, 11) is -1.44. The zero-order valence-corrected chi connectivity index (χ0v) is 16.3. The van der Waals surface area contributed by atoms with Gasteiger partial charge in [-0.25, -0.2) is 0 Å². The van der Waals surface area contributed by atoms with E-state index >= 15 is 0 Å². The summed E-state index contributed by atoms with van der Waals surface area (Å²) in [6.45, 7) is 10.2. The van der Waals surface area contributed by atoms with Gasteiger partial charge in [0.05, 0.1) is 13.2 Å². The van der Waals surface area contributed by atoms with Crippen LogP contribution in [-0.4, -0.2) is 47.1 Å². The predicted octanol–water partition coefficient (Wildman–Crippen LogP) is 3.16. The van der Waals surface area contributed by atoms with Crippen LogP contribution >= 0.6 is 0 Å². The quantitative estimate of drug-likeness (QED) is 0.584. The fraction of sp³-hybridized carbons (Fsp3) is 0.400. The van der Waals surface area contributed by atoms with Crippen LogP contribution in [0.5, 0.6) is 11.5 Å². The van der Waals surface area contributed by atoms with Crippen molar-refractivity contribution in [2.24, 2.45) is 0 Å². The minimum absolute atomic E-state index is 0.0224. The fourth-order valence-electron chi connectivity index (χ4n) is 2.31. The monoisotopic (exact) mass is 375 g/mol. The smallest absolute Gasteiger partial charge is 0.508 e. The van der Waals surface area contributed by atoms with Crippen molar-refractivity contribution in [3.05, 3.63) is 59.7 Å². The first-order chi connectivity index (χ1) is 13.0. The maximum Gasteiger partial charge on any atom is 0.637 e. The Bertz CT molecular complexity index is 597. The molecule has 2 aromatic carbocycles. The molecule has 0 unspecified atom stereocenters. The standard InChI is InChI=1S/C14H15BO5.C6H15N/c16-13-7-3-1-5-11(13)9-19-15(18)20-10-12-6-2-4-8-14(12)17;1-4-7(5-2)6-3/h1-8,16-18H,9-10H2;4-6H2,1-3H3. The Kier molecular flexibility index (Phi) is 11.2. The van der Waals surface area contributed by atoms with Gasteiger partial charge in [0.25, 0.3) is 0 Å². The predicted molar refractivity (Wildman–Crippen MR) is 107 cm³/mol. The number of rotatable bonds is 9. The molecule has 6 nitrogen and oxygen atoms in total. The van der Waals surface area contributed by atoms with Gasteiger partial charge in [0, 0.05) is 11.1 Å². The first kappa shape index (κ1) is 23.0. The number of benzene rings is 2. The van der Waals surface area contributed by atoms with Crippen molar-refractivity contribution >= 4 is 7.32 Å². The summed E-state index contributed by atoms with van der Waals surface area (Å²) >= 11 is 0. The van der Waals surface area contributed by atoms with Crippen LogP contribution in [0.2, 0.25) is 0 Å². The van der Waals surface area contributed by atoms with Crippen LogP contribution in [-0.2, 0) is 22.5 Å². The molecule has 0 aromatic heterocycles. The molecule has 0 bridgehead atoms. The molecule has 0 heterocycles. The molecule has 148 valence electrons. The van der Waals surface area contributed by atoms with Crippen molar-refractivity contribution in [1.29, 1.82) is 0 Å². The number of hydrogen-bond donors (Lipinski definition) is 3. The van der Waals surface area contributed by atoms with Crippen LogP contribution in [0, 0.1) is 0 Å². The third-order valence-electron chi connectivity index (χ3n) is 4.09. The minimum Gasteiger partial charge on any atom is -0.508 e. The molecule has 0 saturated carbocycles. The molecule has 0 aliphatic rings. The van der Waals surface area contributed by atoms with E-state index < -0.39 is 7.32 Å². The summed E-state index contributed by atoms with van der Waals surface area (Å²) in [4.78, 5) is 2.38. The van der Waals surface area contributed by atoms with Gasteiger partial charge in [0.2, 0.25) is 0 Å². The number of aromatic hydroxyl groups is 2. The molecule has 0 saturated heterocycles.